The molecule has 4 nitrogen and oxygen atoms in total. The number of hydrogen-bond donors (Lipinski definition) is 1. The number of rotatable bonds is 3. The van der Waals surface area contributed by atoms with Gasteiger partial charge in [-0.15, -0.1) is 0 Å². The molecule has 1 aromatic rings. The number of hydrogen-bond acceptors (Lipinski definition) is 4. The molecule has 1 aliphatic rings. The maximum Gasteiger partial charge on any atom is 0.176 e. The van der Waals surface area contributed by atoms with E-state index in [9.17, 15) is 5.26 Å². The van der Waals surface area contributed by atoms with E-state index in [2.05, 4.69) is 23.7 Å². The standard InChI is InChI=1S/C14H18N4S/c15-7-12-13(8-16)18(11-17-12)9-14(10-19)5-3-1-2-4-6-14/h11,19H,1-6,9-10H2. The molecule has 0 aromatic carbocycles. The minimum atomic E-state index is 0.138. The molecule has 0 bridgehead atoms. The molecule has 19 heavy (non-hydrogen) atoms. The van der Waals surface area contributed by atoms with Gasteiger partial charge in [-0.05, 0) is 24.0 Å². The molecule has 0 spiro atoms. The lowest BCUT2D eigenvalue weighted by Crippen LogP contribution is -2.28. The topological polar surface area (TPSA) is 65.4 Å². The third-order valence-electron chi connectivity index (χ3n) is 4.05. The van der Waals surface area contributed by atoms with E-state index in [-0.39, 0.29) is 11.1 Å². The molecule has 1 heterocycles. The average molecular weight is 274 g/mol. The van der Waals surface area contributed by atoms with Crippen LogP contribution in [-0.2, 0) is 6.54 Å². The zero-order valence-electron chi connectivity index (χ0n) is 11.0. The highest BCUT2D eigenvalue weighted by atomic mass is 32.1. The summed E-state index contributed by atoms with van der Waals surface area (Å²) in [5, 5.41) is 18.1. The summed E-state index contributed by atoms with van der Waals surface area (Å²) in [4.78, 5) is 4.01. The van der Waals surface area contributed by atoms with Gasteiger partial charge in [0, 0.05) is 6.54 Å². The predicted molar refractivity (Wildman–Crippen MR) is 75.6 cm³/mol. The van der Waals surface area contributed by atoms with Crippen LogP contribution in [0, 0.1) is 28.1 Å². The van der Waals surface area contributed by atoms with Crippen LogP contribution in [0.3, 0.4) is 0 Å². The van der Waals surface area contributed by atoms with Crippen molar-refractivity contribution < 1.29 is 0 Å². The molecule has 5 heteroatoms. The number of nitrogens with zero attached hydrogens (tertiary/aromatic N) is 4. The molecule has 0 N–H and O–H groups in total. The van der Waals surface area contributed by atoms with E-state index < -0.39 is 0 Å². The van der Waals surface area contributed by atoms with Crippen molar-refractivity contribution in [3.63, 3.8) is 0 Å². The zero-order chi connectivity index (χ0) is 13.7. The lowest BCUT2D eigenvalue weighted by molar-refractivity contribution is 0.240. The minimum Gasteiger partial charge on any atom is -0.321 e. The van der Waals surface area contributed by atoms with E-state index in [1.807, 2.05) is 10.6 Å². The normalized spacial score (nSPS) is 18.3. The third-order valence-corrected chi connectivity index (χ3v) is 4.73. The molecule has 0 atom stereocenters. The summed E-state index contributed by atoms with van der Waals surface area (Å²) in [6.45, 7) is 0.744. The van der Waals surface area contributed by atoms with Gasteiger partial charge < -0.3 is 4.57 Å². The second-order valence-electron chi connectivity index (χ2n) is 5.37. The number of nitriles is 2. The van der Waals surface area contributed by atoms with Crippen LogP contribution in [0.4, 0.5) is 0 Å². The van der Waals surface area contributed by atoms with Crippen molar-refractivity contribution in [3.05, 3.63) is 17.7 Å². The summed E-state index contributed by atoms with van der Waals surface area (Å²) >= 11 is 4.54. The van der Waals surface area contributed by atoms with Gasteiger partial charge in [0.2, 0.25) is 0 Å². The Morgan fingerprint density at radius 3 is 2.42 bits per heavy atom. The van der Waals surface area contributed by atoms with Crippen molar-refractivity contribution >= 4 is 12.6 Å². The Morgan fingerprint density at radius 1 is 1.21 bits per heavy atom. The van der Waals surface area contributed by atoms with Gasteiger partial charge in [0.15, 0.2) is 11.4 Å². The van der Waals surface area contributed by atoms with Gasteiger partial charge in [-0.3, -0.25) is 0 Å². The van der Waals surface area contributed by atoms with Crippen LogP contribution in [0.2, 0.25) is 0 Å². The van der Waals surface area contributed by atoms with Crippen LogP contribution in [0.25, 0.3) is 0 Å². The smallest absolute Gasteiger partial charge is 0.176 e. The predicted octanol–water partition coefficient (Wildman–Crippen LogP) is 2.90. The highest BCUT2D eigenvalue weighted by molar-refractivity contribution is 7.80. The molecular weight excluding hydrogens is 256 g/mol. The van der Waals surface area contributed by atoms with Gasteiger partial charge in [0.25, 0.3) is 0 Å². The minimum absolute atomic E-state index is 0.138. The molecule has 1 saturated carbocycles. The first-order valence-electron chi connectivity index (χ1n) is 6.71. The summed E-state index contributed by atoms with van der Waals surface area (Å²) in [6.07, 6.45) is 8.92. The maximum absolute atomic E-state index is 9.18. The quantitative estimate of drug-likeness (QED) is 0.681. The Bertz CT molecular complexity index is 513. The van der Waals surface area contributed by atoms with E-state index >= 15 is 0 Å². The molecule has 1 fully saturated rings. The summed E-state index contributed by atoms with van der Waals surface area (Å²) in [6, 6.07) is 4.07. The van der Waals surface area contributed by atoms with Crippen LogP contribution in [0.15, 0.2) is 6.33 Å². The van der Waals surface area contributed by atoms with Gasteiger partial charge in [-0.2, -0.15) is 23.2 Å². The van der Waals surface area contributed by atoms with Crippen LogP contribution < -0.4 is 0 Å². The van der Waals surface area contributed by atoms with Gasteiger partial charge in [0.05, 0.1) is 6.33 Å². The van der Waals surface area contributed by atoms with E-state index in [4.69, 9.17) is 5.26 Å². The van der Waals surface area contributed by atoms with Crippen molar-refractivity contribution in [3.8, 4) is 12.1 Å². The van der Waals surface area contributed by atoms with Crippen LogP contribution in [0.1, 0.15) is 49.9 Å². The SMILES string of the molecule is N#Cc1ncn(CC2(CS)CCCCCC2)c1C#N. The number of imidazole rings is 1. The highest BCUT2D eigenvalue weighted by Gasteiger charge is 2.31. The molecule has 0 amide bonds. The van der Waals surface area contributed by atoms with Gasteiger partial charge in [-0.1, -0.05) is 25.7 Å². The van der Waals surface area contributed by atoms with Crippen molar-refractivity contribution in [1.82, 2.24) is 9.55 Å². The molecule has 0 saturated heterocycles. The van der Waals surface area contributed by atoms with E-state index in [0.29, 0.717) is 5.69 Å². The van der Waals surface area contributed by atoms with Crippen molar-refractivity contribution in [2.45, 2.75) is 45.1 Å². The zero-order valence-corrected chi connectivity index (χ0v) is 11.9. The lowest BCUT2D eigenvalue weighted by atomic mass is 9.82. The first-order chi connectivity index (χ1) is 9.24. The molecule has 100 valence electrons. The molecule has 2 rings (SSSR count). The monoisotopic (exact) mass is 274 g/mol. The fourth-order valence-corrected chi connectivity index (χ4v) is 3.32. The van der Waals surface area contributed by atoms with Crippen LogP contribution in [0.5, 0.6) is 0 Å². The molecule has 0 unspecified atom stereocenters. The molecule has 0 radical (unpaired) electrons. The summed E-state index contributed by atoms with van der Waals surface area (Å²) in [5.41, 5.74) is 0.747. The Balaban J connectivity index is 2.25. The Kier molecular flexibility index (Phi) is 4.50. The first-order valence-corrected chi connectivity index (χ1v) is 7.34. The maximum atomic E-state index is 9.18. The fourth-order valence-electron chi connectivity index (χ4n) is 2.91. The molecule has 1 aromatic heterocycles. The number of thiol groups is 1. The molecule has 1 aliphatic carbocycles. The summed E-state index contributed by atoms with van der Waals surface area (Å²) in [7, 11) is 0. The summed E-state index contributed by atoms with van der Waals surface area (Å²) < 4.78 is 1.83. The van der Waals surface area contributed by atoms with Crippen LogP contribution >= 0.6 is 12.6 Å². The Labute approximate surface area is 119 Å². The average Bonchev–Trinajstić information content (AvgIpc) is 2.67. The van der Waals surface area contributed by atoms with E-state index in [1.54, 1.807) is 6.33 Å². The number of aromatic nitrogens is 2. The van der Waals surface area contributed by atoms with Gasteiger partial charge in [-0.25, -0.2) is 4.98 Å². The first kappa shape index (κ1) is 14.0. The van der Waals surface area contributed by atoms with Crippen LogP contribution in [-0.4, -0.2) is 15.3 Å². The Morgan fingerprint density at radius 2 is 1.89 bits per heavy atom. The Hall–Kier alpha value is -1.46. The van der Waals surface area contributed by atoms with Crippen molar-refractivity contribution in [2.75, 3.05) is 5.75 Å². The molecule has 0 aliphatic heterocycles. The van der Waals surface area contributed by atoms with E-state index in [1.165, 1.54) is 25.7 Å². The van der Waals surface area contributed by atoms with Gasteiger partial charge in [0.1, 0.15) is 12.1 Å². The largest absolute Gasteiger partial charge is 0.321 e. The van der Waals surface area contributed by atoms with E-state index in [0.717, 1.165) is 25.1 Å². The lowest BCUT2D eigenvalue weighted by Gasteiger charge is -2.31. The second-order valence-corrected chi connectivity index (χ2v) is 5.68. The third kappa shape index (κ3) is 2.93. The highest BCUT2D eigenvalue weighted by Crippen LogP contribution is 2.38. The van der Waals surface area contributed by atoms with Crippen molar-refractivity contribution in [1.29, 1.82) is 10.5 Å². The molecular formula is C14H18N4S. The fraction of sp³-hybridized carbons (Fsp3) is 0.643. The van der Waals surface area contributed by atoms with Crippen molar-refractivity contribution in [2.24, 2.45) is 5.41 Å². The van der Waals surface area contributed by atoms with Gasteiger partial charge >= 0.3 is 0 Å². The summed E-state index contributed by atoms with van der Waals surface area (Å²) in [5.74, 6) is 0.817. The second kappa shape index (κ2) is 6.12.